The lowest BCUT2D eigenvalue weighted by atomic mass is 10.0. The van der Waals surface area contributed by atoms with Gasteiger partial charge < -0.3 is 28.6 Å². The number of hydrogen-bond donors (Lipinski definition) is 0. The minimum atomic E-state index is -3.61. The summed E-state index contributed by atoms with van der Waals surface area (Å²) in [6.45, 7) is 3.05. The average molecular weight is 509 g/mol. The fourth-order valence-corrected chi connectivity index (χ4v) is 4.64. The van der Waals surface area contributed by atoms with Crippen molar-refractivity contribution in [2.24, 2.45) is 0 Å². The van der Waals surface area contributed by atoms with Gasteiger partial charge in [-0.05, 0) is 37.1 Å². The first-order valence-corrected chi connectivity index (χ1v) is 11.2. The van der Waals surface area contributed by atoms with Crippen molar-refractivity contribution in [3.63, 3.8) is 0 Å². The SMILES string of the molecule is COc1ccc2ncc(=O)n(CCN3CCC(N(C)c4ccc5c(c4)OC(F)(F)O5)CC3)c2c1.Cl. The van der Waals surface area contributed by atoms with E-state index in [0.29, 0.717) is 12.3 Å². The van der Waals surface area contributed by atoms with Crippen molar-refractivity contribution in [1.82, 2.24) is 14.5 Å². The van der Waals surface area contributed by atoms with Crippen molar-refractivity contribution in [2.45, 2.75) is 31.7 Å². The topological polar surface area (TPSA) is 69.1 Å². The molecule has 11 heteroatoms. The molecule has 1 fully saturated rings. The van der Waals surface area contributed by atoms with Crippen molar-refractivity contribution in [3.8, 4) is 17.2 Å². The molecule has 0 N–H and O–H groups in total. The van der Waals surface area contributed by atoms with E-state index in [1.807, 2.05) is 25.2 Å². The van der Waals surface area contributed by atoms with E-state index >= 15 is 0 Å². The first-order chi connectivity index (χ1) is 16.3. The number of fused-ring (bicyclic) bond motifs is 2. The summed E-state index contributed by atoms with van der Waals surface area (Å²) in [4.78, 5) is 21.2. The van der Waals surface area contributed by atoms with Gasteiger partial charge in [-0.3, -0.25) is 4.79 Å². The Morgan fingerprint density at radius 3 is 2.60 bits per heavy atom. The van der Waals surface area contributed by atoms with Crippen LogP contribution >= 0.6 is 12.4 Å². The number of hydrogen-bond acceptors (Lipinski definition) is 7. The lowest BCUT2D eigenvalue weighted by Crippen LogP contribution is -2.44. The number of likely N-dealkylation sites (tertiary alicyclic amines) is 1. The molecule has 0 spiro atoms. The molecule has 1 saturated heterocycles. The molecule has 188 valence electrons. The monoisotopic (exact) mass is 508 g/mol. The van der Waals surface area contributed by atoms with Crippen LogP contribution in [0.5, 0.6) is 17.2 Å². The molecule has 0 amide bonds. The van der Waals surface area contributed by atoms with Gasteiger partial charge in [-0.25, -0.2) is 4.98 Å². The molecule has 0 atom stereocenters. The van der Waals surface area contributed by atoms with Crippen LogP contribution in [0.15, 0.2) is 47.4 Å². The number of alkyl halides is 2. The first kappa shape index (κ1) is 25.0. The van der Waals surface area contributed by atoms with E-state index < -0.39 is 6.29 Å². The van der Waals surface area contributed by atoms with E-state index in [1.165, 1.54) is 12.3 Å². The van der Waals surface area contributed by atoms with Crippen molar-refractivity contribution >= 4 is 29.1 Å². The first-order valence-electron chi connectivity index (χ1n) is 11.2. The molecule has 3 aromatic rings. The van der Waals surface area contributed by atoms with E-state index in [4.69, 9.17) is 4.74 Å². The normalized spacial score (nSPS) is 17.3. The summed E-state index contributed by atoms with van der Waals surface area (Å²) in [6, 6.07) is 10.7. The van der Waals surface area contributed by atoms with Crippen molar-refractivity contribution in [3.05, 3.63) is 52.9 Å². The van der Waals surface area contributed by atoms with Gasteiger partial charge in [0.25, 0.3) is 5.56 Å². The van der Waals surface area contributed by atoms with Gasteiger partial charge in [0.2, 0.25) is 0 Å². The third-order valence-electron chi connectivity index (χ3n) is 6.59. The molecule has 2 aliphatic heterocycles. The van der Waals surface area contributed by atoms with E-state index in [2.05, 4.69) is 24.3 Å². The molecule has 8 nitrogen and oxygen atoms in total. The average Bonchev–Trinajstić information content (AvgIpc) is 3.16. The summed E-state index contributed by atoms with van der Waals surface area (Å²) in [5, 5.41) is 0. The summed E-state index contributed by atoms with van der Waals surface area (Å²) in [5.41, 5.74) is 2.18. The number of halogens is 3. The quantitative estimate of drug-likeness (QED) is 0.502. The van der Waals surface area contributed by atoms with Gasteiger partial charge in [0.1, 0.15) is 5.75 Å². The van der Waals surface area contributed by atoms with E-state index in [0.717, 1.165) is 49.2 Å². The highest BCUT2D eigenvalue weighted by Crippen LogP contribution is 2.43. The Balaban J connectivity index is 0.00000289. The van der Waals surface area contributed by atoms with Crippen molar-refractivity contribution < 1.29 is 23.0 Å². The zero-order valence-corrected chi connectivity index (χ0v) is 20.3. The van der Waals surface area contributed by atoms with Crippen LogP contribution in [-0.4, -0.2) is 60.6 Å². The van der Waals surface area contributed by atoms with Crippen LogP contribution in [0.3, 0.4) is 0 Å². The predicted molar refractivity (Wildman–Crippen MR) is 130 cm³/mol. The molecular formula is C24H27ClF2N4O4. The zero-order chi connectivity index (χ0) is 23.9. The molecule has 0 saturated carbocycles. The predicted octanol–water partition coefficient (Wildman–Crippen LogP) is 3.75. The van der Waals surface area contributed by atoms with E-state index in [-0.39, 0.29) is 35.5 Å². The molecule has 0 radical (unpaired) electrons. The number of benzene rings is 2. The van der Waals surface area contributed by atoms with Crippen LogP contribution in [-0.2, 0) is 6.54 Å². The van der Waals surface area contributed by atoms with Crippen LogP contribution in [0.25, 0.3) is 11.0 Å². The third-order valence-corrected chi connectivity index (χ3v) is 6.59. The number of methoxy groups -OCH3 is 1. The number of ether oxygens (including phenoxy) is 3. The van der Waals surface area contributed by atoms with Crippen LogP contribution < -0.4 is 24.7 Å². The second-order valence-electron chi connectivity index (χ2n) is 8.58. The zero-order valence-electron chi connectivity index (χ0n) is 19.4. The Kier molecular flexibility index (Phi) is 7.05. The number of nitrogens with zero attached hydrogens (tertiary/aromatic N) is 4. The molecule has 2 aliphatic rings. The smallest absolute Gasteiger partial charge is 0.497 e. The standard InChI is InChI=1S/C24H26F2N4O4.ClH/c1-28(17-3-6-21-22(13-17)34-24(25,26)33-21)16-7-9-29(10-8-16)11-12-30-20-14-18(32-2)4-5-19(20)27-15-23(30)31;/h3-6,13-16H,7-12H2,1-2H3;1H. The number of piperidine rings is 1. The second kappa shape index (κ2) is 9.87. The highest BCUT2D eigenvalue weighted by molar-refractivity contribution is 5.85. The molecule has 35 heavy (non-hydrogen) atoms. The lowest BCUT2D eigenvalue weighted by Gasteiger charge is -2.38. The Bertz CT molecular complexity index is 1260. The summed E-state index contributed by atoms with van der Waals surface area (Å²) in [7, 11) is 3.56. The van der Waals surface area contributed by atoms with Gasteiger partial charge in [0.15, 0.2) is 11.5 Å². The minimum Gasteiger partial charge on any atom is -0.497 e. The fraction of sp³-hybridized carbons (Fsp3) is 0.417. The number of rotatable bonds is 6. The lowest BCUT2D eigenvalue weighted by molar-refractivity contribution is -0.286. The fourth-order valence-electron chi connectivity index (χ4n) is 4.64. The molecule has 0 unspecified atom stereocenters. The Morgan fingerprint density at radius 2 is 1.86 bits per heavy atom. The van der Waals surface area contributed by atoms with Gasteiger partial charge >= 0.3 is 6.29 Å². The minimum absolute atomic E-state index is 0. The maximum atomic E-state index is 13.3. The third kappa shape index (κ3) is 5.13. The van der Waals surface area contributed by atoms with Gasteiger partial charge in [0.05, 0.1) is 24.3 Å². The summed E-state index contributed by atoms with van der Waals surface area (Å²) in [5.74, 6) is 0.789. The maximum absolute atomic E-state index is 13.3. The van der Waals surface area contributed by atoms with Crippen molar-refractivity contribution in [1.29, 1.82) is 0 Å². The summed E-state index contributed by atoms with van der Waals surface area (Å²) in [6.07, 6.45) is -0.419. The van der Waals surface area contributed by atoms with Crippen LogP contribution in [0.2, 0.25) is 0 Å². The van der Waals surface area contributed by atoms with Crippen molar-refractivity contribution in [2.75, 3.05) is 38.7 Å². The van der Waals surface area contributed by atoms with Gasteiger partial charge in [-0.1, -0.05) is 0 Å². The second-order valence-corrected chi connectivity index (χ2v) is 8.58. The van der Waals surface area contributed by atoms with E-state index in [1.54, 1.807) is 23.8 Å². The van der Waals surface area contributed by atoms with Gasteiger partial charge in [-0.2, -0.15) is 0 Å². The van der Waals surface area contributed by atoms with Crippen LogP contribution in [0.1, 0.15) is 12.8 Å². The van der Waals surface area contributed by atoms with Crippen LogP contribution in [0, 0.1) is 0 Å². The largest absolute Gasteiger partial charge is 0.586 e. The molecule has 0 bridgehead atoms. The Morgan fingerprint density at radius 1 is 1.11 bits per heavy atom. The molecule has 1 aromatic heterocycles. The number of anilines is 1. The molecule has 0 aliphatic carbocycles. The van der Waals surface area contributed by atoms with Crippen LogP contribution in [0.4, 0.5) is 14.5 Å². The molecular weight excluding hydrogens is 482 g/mol. The number of aromatic nitrogens is 2. The van der Waals surface area contributed by atoms with E-state index in [9.17, 15) is 13.6 Å². The maximum Gasteiger partial charge on any atom is 0.586 e. The van der Waals surface area contributed by atoms with Gasteiger partial charge in [0, 0.05) is 57.1 Å². The Hall–Kier alpha value is -3.11. The summed E-state index contributed by atoms with van der Waals surface area (Å²) < 4.78 is 42.8. The summed E-state index contributed by atoms with van der Waals surface area (Å²) >= 11 is 0. The molecule has 5 rings (SSSR count). The highest BCUT2D eigenvalue weighted by atomic mass is 35.5. The van der Waals surface area contributed by atoms with Gasteiger partial charge in [-0.15, -0.1) is 21.2 Å². The highest BCUT2D eigenvalue weighted by Gasteiger charge is 2.43. The molecule has 3 heterocycles. The molecule has 2 aromatic carbocycles. The Labute approximate surface area is 207 Å².